The summed E-state index contributed by atoms with van der Waals surface area (Å²) in [5.41, 5.74) is 1.18. The van der Waals surface area contributed by atoms with Gasteiger partial charge in [-0.2, -0.15) is 11.4 Å². The summed E-state index contributed by atoms with van der Waals surface area (Å²) >= 11 is 6.74. The van der Waals surface area contributed by atoms with Gasteiger partial charge in [0.1, 0.15) is 5.17 Å². The highest BCUT2D eigenvalue weighted by Crippen LogP contribution is 2.13. The third-order valence-corrected chi connectivity index (χ3v) is 3.70. The van der Waals surface area contributed by atoms with Crippen LogP contribution < -0.4 is 0 Å². The van der Waals surface area contributed by atoms with E-state index in [0.717, 1.165) is 35.2 Å². The topological polar surface area (TPSA) is 23.5 Å². The molecule has 1 N–H and O–H groups in total. The van der Waals surface area contributed by atoms with Gasteiger partial charge in [-0.3, -0.25) is 4.90 Å². The quantitative estimate of drug-likeness (QED) is 0.640. The minimum atomic E-state index is 0.444. The summed E-state index contributed by atoms with van der Waals surface area (Å²) in [5.74, 6) is 0.819. The molecule has 1 aromatic carbocycles. The molecule has 4 heteroatoms. The minimum Gasteiger partial charge on any atom is -0.346 e. The van der Waals surface area contributed by atoms with E-state index in [4.69, 9.17) is 11.6 Å². The minimum absolute atomic E-state index is 0.444. The summed E-state index contributed by atoms with van der Waals surface area (Å²) in [5, 5.41) is 11.0. The highest BCUT2D eigenvalue weighted by atomic mass is 35.5. The molecule has 16 heavy (non-hydrogen) atoms. The molecule has 0 aromatic heterocycles. The second-order valence-corrected chi connectivity index (χ2v) is 4.88. The van der Waals surface area contributed by atoms with Crippen molar-refractivity contribution in [1.82, 2.24) is 4.90 Å². The number of benzene rings is 1. The van der Waals surface area contributed by atoms with Crippen LogP contribution in [0.15, 0.2) is 24.3 Å². The molecule has 0 unspecified atom stereocenters. The number of aliphatic hydroxyl groups excluding tert-OH is 1. The zero-order valence-corrected chi connectivity index (χ0v) is 11.3. The Balaban J connectivity index is 2.61. The van der Waals surface area contributed by atoms with Gasteiger partial charge >= 0.3 is 0 Å². The molecule has 1 aromatic rings. The van der Waals surface area contributed by atoms with Gasteiger partial charge in [0, 0.05) is 23.9 Å². The number of hydrogen-bond donors (Lipinski definition) is 2. The van der Waals surface area contributed by atoms with E-state index >= 15 is 0 Å². The normalized spacial score (nSPS) is 12.7. The molecule has 0 atom stereocenters. The second-order valence-electron chi connectivity index (χ2n) is 3.41. The molecular weight excluding hydrogens is 242 g/mol. The molecule has 2 nitrogen and oxygen atoms in total. The van der Waals surface area contributed by atoms with Gasteiger partial charge in [0.15, 0.2) is 0 Å². The van der Waals surface area contributed by atoms with Crippen LogP contribution in [0, 0.1) is 0 Å². The van der Waals surface area contributed by atoms with E-state index in [1.807, 2.05) is 43.0 Å². The molecule has 0 amide bonds. The van der Waals surface area contributed by atoms with Crippen LogP contribution in [0.2, 0.25) is 5.02 Å². The average Bonchev–Trinajstić information content (AvgIpc) is 2.30. The lowest BCUT2D eigenvalue weighted by atomic mass is 10.2. The Labute approximate surface area is 106 Å². The highest BCUT2D eigenvalue weighted by Gasteiger charge is 2.02. The highest BCUT2D eigenvalue weighted by molar-refractivity contribution is 7.97. The van der Waals surface area contributed by atoms with Gasteiger partial charge in [0.25, 0.3) is 0 Å². The average molecular weight is 260 g/mol. The lowest BCUT2D eigenvalue weighted by Crippen LogP contribution is -2.29. The molecule has 0 fully saturated rings. The molecule has 0 saturated carbocycles. The van der Waals surface area contributed by atoms with Gasteiger partial charge in [-0.25, -0.2) is 0 Å². The molecule has 0 aliphatic rings. The Morgan fingerprint density at radius 2 is 1.81 bits per heavy atom. The van der Waals surface area contributed by atoms with E-state index in [1.54, 1.807) is 0 Å². The first kappa shape index (κ1) is 13.7. The maximum Gasteiger partial charge on any atom is 0.142 e. The van der Waals surface area contributed by atoms with Crippen LogP contribution in [0.25, 0.3) is 0 Å². The first-order valence-electron chi connectivity index (χ1n) is 5.40. The summed E-state index contributed by atoms with van der Waals surface area (Å²) < 4.78 is 0. The zero-order valence-electron chi connectivity index (χ0n) is 9.65. The first-order valence-corrected chi connectivity index (χ1v) is 6.86. The SMILES string of the molecule is CCN(CC)C(O)=[SH]Cc1ccc(Cl)cc1. The number of thiol groups is 1. The summed E-state index contributed by atoms with van der Waals surface area (Å²) in [4.78, 5) is 1.96. The van der Waals surface area contributed by atoms with Crippen molar-refractivity contribution in [3.05, 3.63) is 34.9 Å². The smallest absolute Gasteiger partial charge is 0.142 e. The van der Waals surface area contributed by atoms with E-state index in [1.165, 1.54) is 5.56 Å². The Kier molecular flexibility index (Phi) is 6.06. The van der Waals surface area contributed by atoms with E-state index in [-0.39, 0.29) is 0 Å². The molecule has 0 spiro atoms. The molecular formula is C12H18ClNOS. The third kappa shape index (κ3) is 4.26. The van der Waals surface area contributed by atoms with Crippen molar-refractivity contribution in [1.29, 1.82) is 0 Å². The van der Waals surface area contributed by atoms with Gasteiger partial charge < -0.3 is 5.11 Å². The maximum atomic E-state index is 9.83. The number of hydrogen-bond acceptors (Lipinski definition) is 0. The molecule has 90 valence electrons. The molecule has 0 saturated heterocycles. The van der Waals surface area contributed by atoms with Gasteiger partial charge in [0.2, 0.25) is 0 Å². The lowest BCUT2D eigenvalue weighted by Gasteiger charge is -2.16. The molecule has 0 radical (unpaired) electrons. The van der Waals surface area contributed by atoms with Crippen LogP contribution in [-0.4, -0.2) is 28.3 Å². The second kappa shape index (κ2) is 7.07. The standard InChI is InChI=1S/C12H18ClNOS/c1-3-14(4-2)12(15)16-9-10-5-7-11(13)8-6-10/h5-8,15-16H,3-4,9H2,1-2H3. The van der Waals surface area contributed by atoms with Crippen molar-refractivity contribution in [3.8, 4) is 0 Å². The van der Waals surface area contributed by atoms with Crippen molar-refractivity contribution < 1.29 is 5.11 Å². The Morgan fingerprint density at radius 3 is 2.31 bits per heavy atom. The van der Waals surface area contributed by atoms with Crippen molar-refractivity contribution >= 4 is 28.1 Å². The van der Waals surface area contributed by atoms with E-state index in [2.05, 4.69) is 0 Å². The third-order valence-electron chi connectivity index (χ3n) is 2.36. The number of aliphatic hydroxyl groups is 1. The van der Waals surface area contributed by atoms with Crippen LogP contribution in [0.4, 0.5) is 0 Å². The van der Waals surface area contributed by atoms with Crippen LogP contribution in [0.3, 0.4) is 0 Å². The predicted molar refractivity (Wildman–Crippen MR) is 74.7 cm³/mol. The number of rotatable bonds is 4. The van der Waals surface area contributed by atoms with Crippen molar-refractivity contribution in [3.63, 3.8) is 0 Å². The fraction of sp³-hybridized carbons (Fsp3) is 0.417. The zero-order chi connectivity index (χ0) is 12.0. The summed E-state index contributed by atoms with van der Waals surface area (Å²) in [7, 11) is 0. The van der Waals surface area contributed by atoms with Gasteiger partial charge in [-0.05, 0) is 17.7 Å². The fourth-order valence-electron chi connectivity index (χ4n) is 1.36. The fourth-order valence-corrected chi connectivity index (χ4v) is 2.50. The van der Waals surface area contributed by atoms with Crippen LogP contribution in [0.1, 0.15) is 19.4 Å². The molecule has 0 heterocycles. The van der Waals surface area contributed by atoms with Gasteiger partial charge in [-0.15, -0.1) is 0 Å². The van der Waals surface area contributed by atoms with Crippen LogP contribution in [-0.2, 0) is 5.75 Å². The predicted octanol–water partition coefficient (Wildman–Crippen LogP) is 3.29. The van der Waals surface area contributed by atoms with Gasteiger partial charge in [-0.1, -0.05) is 37.6 Å². The molecule has 1 rings (SSSR count). The number of nitrogens with zero attached hydrogens (tertiary/aromatic N) is 1. The van der Waals surface area contributed by atoms with Crippen molar-refractivity contribution in [2.75, 3.05) is 13.1 Å². The molecule has 0 bridgehead atoms. The van der Waals surface area contributed by atoms with Crippen molar-refractivity contribution in [2.24, 2.45) is 0 Å². The van der Waals surface area contributed by atoms with Crippen molar-refractivity contribution in [2.45, 2.75) is 19.6 Å². The molecule has 0 aliphatic heterocycles. The maximum absolute atomic E-state index is 9.83. The summed E-state index contributed by atoms with van der Waals surface area (Å²) in [6.45, 7) is 5.76. The first-order chi connectivity index (χ1) is 7.67. The van der Waals surface area contributed by atoms with E-state index in [9.17, 15) is 5.11 Å². The molecule has 0 aliphatic carbocycles. The summed E-state index contributed by atoms with van der Waals surface area (Å²) in [6, 6.07) is 7.73. The van der Waals surface area contributed by atoms with E-state index in [0.29, 0.717) is 5.17 Å². The Hall–Kier alpha value is -0.350. The largest absolute Gasteiger partial charge is 0.346 e. The monoisotopic (exact) mass is 259 g/mol. The lowest BCUT2D eigenvalue weighted by molar-refractivity contribution is 0.371. The van der Waals surface area contributed by atoms with Gasteiger partial charge in [0.05, 0.1) is 0 Å². The van der Waals surface area contributed by atoms with Crippen LogP contribution in [0.5, 0.6) is 0 Å². The Morgan fingerprint density at radius 1 is 1.25 bits per heavy atom. The van der Waals surface area contributed by atoms with Crippen LogP contribution >= 0.6 is 23.0 Å². The Bertz CT molecular complexity index is 347. The summed E-state index contributed by atoms with van der Waals surface area (Å²) in [6.07, 6.45) is 0. The number of halogens is 1. The van der Waals surface area contributed by atoms with E-state index < -0.39 is 0 Å².